The van der Waals surface area contributed by atoms with Crippen LogP contribution in [0.2, 0.25) is 0 Å². The van der Waals surface area contributed by atoms with Gasteiger partial charge in [-0.25, -0.2) is 0 Å². The highest BCUT2D eigenvalue weighted by atomic mass is 15.0. The third-order valence-corrected chi connectivity index (χ3v) is 1.80. The van der Waals surface area contributed by atoms with Gasteiger partial charge in [0, 0.05) is 18.1 Å². The van der Waals surface area contributed by atoms with Crippen LogP contribution in [-0.4, -0.2) is 9.55 Å². The summed E-state index contributed by atoms with van der Waals surface area (Å²) in [5, 5.41) is 0. The molecule has 0 aliphatic carbocycles. The largest absolute Gasteiger partial charge is 0.322 e. The first kappa shape index (κ1) is 7.10. The monoisotopic (exact) mass is 158 g/mol. The maximum absolute atomic E-state index is 4.21. The molecule has 0 saturated heterocycles. The van der Waals surface area contributed by atoms with Crippen molar-refractivity contribution in [2.24, 2.45) is 0 Å². The van der Waals surface area contributed by atoms with Gasteiger partial charge in [-0.2, -0.15) is 0 Å². The molecule has 0 unspecified atom stereocenters. The van der Waals surface area contributed by atoms with Crippen LogP contribution in [0.3, 0.4) is 0 Å². The molecular formula is C10H10N2. The molecule has 0 aliphatic heterocycles. The molecule has 2 heterocycles. The van der Waals surface area contributed by atoms with Crippen LogP contribution in [0.15, 0.2) is 42.9 Å². The SMILES string of the molecule is Cc1ccc(-n2cccc2)cn1. The standard InChI is InChI=1S/C10H10N2/c1-9-4-5-10(8-11-9)12-6-2-3-7-12/h2-8H,1H3. The van der Waals surface area contributed by atoms with Crippen molar-refractivity contribution in [2.75, 3.05) is 0 Å². The molecule has 2 aromatic rings. The fraction of sp³-hybridized carbons (Fsp3) is 0.100. The maximum Gasteiger partial charge on any atom is 0.0633 e. The third kappa shape index (κ3) is 1.23. The number of rotatable bonds is 1. The van der Waals surface area contributed by atoms with E-state index in [2.05, 4.69) is 11.1 Å². The number of nitrogens with zero attached hydrogens (tertiary/aromatic N) is 2. The maximum atomic E-state index is 4.21. The summed E-state index contributed by atoms with van der Waals surface area (Å²) in [6.45, 7) is 1.99. The molecule has 12 heavy (non-hydrogen) atoms. The fourth-order valence-corrected chi connectivity index (χ4v) is 1.12. The van der Waals surface area contributed by atoms with Gasteiger partial charge in [-0.05, 0) is 31.2 Å². The molecule has 0 saturated carbocycles. The molecule has 60 valence electrons. The molecule has 0 N–H and O–H groups in total. The topological polar surface area (TPSA) is 17.8 Å². The van der Waals surface area contributed by atoms with Crippen LogP contribution < -0.4 is 0 Å². The quantitative estimate of drug-likeness (QED) is 0.622. The Labute approximate surface area is 71.5 Å². The van der Waals surface area contributed by atoms with Crippen molar-refractivity contribution in [1.82, 2.24) is 9.55 Å². The Bertz CT molecular complexity index is 346. The summed E-state index contributed by atoms with van der Waals surface area (Å²) in [5.74, 6) is 0. The summed E-state index contributed by atoms with van der Waals surface area (Å²) < 4.78 is 2.03. The van der Waals surface area contributed by atoms with Gasteiger partial charge in [-0.3, -0.25) is 4.98 Å². The fourth-order valence-electron chi connectivity index (χ4n) is 1.12. The van der Waals surface area contributed by atoms with Crippen LogP contribution in [0.25, 0.3) is 5.69 Å². The highest BCUT2D eigenvalue weighted by Crippen LogP contribution is 2.06. The predicted molar refractivity (Wildman–Crippen MR) is 48.3 cm³/mol. The Morgan fingerprint density at radius 1 is 1.17 bits per heavy atom. The van der Waals surface area contributed by atoms with Crippen molar-refractivity contribution in [1.29, 1.82) is 0 Å². The van der Waals surface area contributed by atoms with Gasteiger partial charge in [0.2, 0.25) is 0 Å². The van der Waals surface area contributed by atoms with Gasteiger partial charge in [0.1, 0.15) is 0 Å². The van der Waals surface area contributed by atoms with E-state index in [1.165, 1.54) is 0 Å². The van der Waals surface area contributed by atoms with Crippen LogP contribution in [0.4, 0.5) is 0 Å². The van der Waals surface area contributed by atoms with E-state index in [0.717, 1.165) is 11.4 Å². The Kier molecular flexibility index (Phi) is 1.67. The van der Waals surface area contributed by atoms with Gasteiger partial charge in [0.05, 0.1) is 11.9 Å². The average Bonchev–Trinajstić information content (AvgIpc) is 2.58. The Morgan fingerprint density at radius 2 is 1.92 bits per heavy atom. The Hall–Kier alpha value is -1.57. The minimum absolute atomic E-state index is 1.05. The number of hydrogen-bond acceptors (Lipinski definition) is 1. The summed E-state index contributed by atoms with van der Waals surface area (Å²) in [5.41, 5.74) is 2.15. The van der Waals surface area contributed by atoms with E-state index in [4.69, 9.17) is 0 Å². The van der Waals surface area contributed by atoms with Crippen LogP contribution in [-0.2, 0) is 0 Å². The van der Waals surface area contributed by atoms with E-state index in [1.807, 2.05) is 48.3 Å². The highest BCUT2D eigenvalue weighted by Gasteiger charge is 1.92. The zero-order valence-corrected chi connectivity index (χ0v) is 6.94. The van der Waals surface area contributed by atoms with Crippen molar-refractivity contribution >= 4 is 0 Å². The molecule has 0 aliphatic rings. The predicted octanol–water partition coefficient (Wildman–Crippen LogP) is 2.18. The first-order valence-corrected chi connectivity index (χ1v) is 3.92. The van der Waals surface area contributed by atoms with Crippen LogP contribution in [0.5, 0.6) is 0 Å². The number of hydrogen-bond donors (Lipinski definition) is 0. The van der Waals surface area contributed by atoms with Gasteiger partial charge in [-0.15, -0.1) is 0 Å². The van der Waals surface area contributed by atoms with Crippen molar-refractivity contribution < 1.29 is 0 Å². The molecule has 0 fully saturated rings. The van der Waals surface area contributed by atoms with Gasteiger partial charge >= 0.3 is 0 Å². The lowest BCUT2D eigenvalue weighted by Crippen LogP contribution is -1.90. The van der Waals surface area contributed by atoms with Crippen LogP contribution in [0, 0.1) is 6.92 Å². The van der Waals surface area contributed by atoms with Crippen molar-refractivity contribution in [3.8, 4) is 5.69 Å². The second-order valence-electron chi connectivity index (χ2n) is 2.75. The lowest BCUT2D eigenvalue weighted by Gasteiger charge is -2.00. The van der Waals surface area contributed by atoms with Gasteiger partial charge in [0.25, 0.3) is 0 Å². The summed E-state index contributed by atoms with van der Waals surface area (Å²) >= 11 is 0. The number of aromatic nitrogens is 2. The minimum atomic E-state index is 1.05. The molecular weight excluding hydrogens is 148 g/mol. The molecule has 2 aromatic heterocycles. The lowest BCUT2D eigenvalue weighted by atomic mass is 10.3. The second kappa shape index (κ2) is 2.81. The minimum Gasteiger partial charge on any atom is -0.322 e. The van der Waals surface area contributed by atoms with E-state index < -0.39 is 0 Å². The summed E-state index contributed by atoms with van der Waals surface area (Å²) in [7, 11) is 0. The zero-order chi connectivity index (χ0) is 8.39. The molecule has 0 amide bonds. The summed E-state index contributed by atoms with van der Waals surface area (Å²) in [6.07, 6.45) is 5.88. The van der Waals surface area contributed by atoms with E-state index in [9.17, 15) is 0 Å². The van der Waals surface area contributed by atoms with Crippen molar-refractivity contribution in [2.45, 2.75) is 6.92 Å². The summed E-state index contributed by atoms with van der Waals surface area (Å²) in [6, 6.07) is 8.07. The van der Waals surface area contributed by atoms with Crippen LogP contribution in [0.1, 0.15) is 5.69 Å². The van der Waals surface area contributed by atoms with Crippen molar-refractivity contribution in [3.63, 3.8) is 0 Å². The smallest absolute Gasteiger partial charge is 0.0633 e. The Morgan fingerprint density at radius 3 is 2.50 bits per heavy atom. The molecule has 0 aromatic carbocycles. The van der Waals surface area contributed by atoms with Gasteiger partial charge < -0.3 is 4.57 Å². The first-order chi connectivity index (χ1) is 5.86. The lowest BCUT2D eigenvalue weighted by molar-refractivity contribution is 1.04. The average molecular weight is 158 g/mol. The number of pyridine rings is 1. The van der Waals surface area contributed by atoms with E-state index >= 15 is 0 Å². The van der Waals surface area contributed by atoms with Crippen molar-refractivity contribution in [3.05, 3.63) is 48.5 Å². The molecule has 2 nitrogen and oxygen atoms in total. The zero-order valence-electron chi connectivity index (χ0n) is 6.94. The number of aryl methyl sites for hydroxylation is 1. The normalized spacial score (nSPS) is 10.1. The summed E-state index contributed by atoms with van der Waals surface area (Å²) in [4.78, 5) is 4.21. The molecule has 0 bridgehead atoms. The van der Waals surface area contributed by atoms with E-state index in [0.29, 0.717) is 0 Å². The molecule has 0 atom stereocenters. The van der Waals surface area contributed by atoms with Gasteiger partial charge in [0.15, 0.2) is 0 Å². The Balaban J connectivity index is 2.43. The highest BCUT2D eigenvalue weighted by molar-refractivity contribution is 5.29. The molecule has 0 radical (unpaired) electrons. The third-order valence-electron chi connectivity index (χ3n) is 1.80. The van der Waals surface area contributed by atoms with E-state index in [-0.39, 0.29) is 0 Å². The van der Waals surface area contributed by atoms with Gasteiger partial charge in [-0.1, -0.05) is 0 Å². The molecule has 2 rings (SSSR count). The van der Waals surface area contributed by atoms with Crippen LogP contribution >= 0.6 is 0 Å². The molecule has 0 spiro atoms. The van der Waals surface area contributed by atoms with E-state index in [1.54, 1.807) is 0 Å². The first-order valence-electron chi connectivity index (χ1n) is 3.92. The second-order valence-corrected chi connectivity index (χ2v) is 2.75. The molecule has 2 heteroatoms.